The van der Waals surface area contributed by atoms with E-state index in [0.29, 0.717) is 19.1 Å². The fraction of sp³-hybridized carbons (Fsp3) is 0.812. The van der Waals surface area contributed by atoms with Crippen LogP contribution in [0.4, 0.5) is 4.79 Å². The topological polar surface area (TPSA) is 29.5 Å². The second-order valence-electron chi connectivity index (χ2n) is 5.94. The van der Waals surface area contributed by atoms with E-state index in [0.717, 1.165) is 12.0 Å². The van der Waals surface area contributed by atoms with Gasteiger partial charge < -0.3 is 4.74 Å². The predicted molar refractivity (Wildman–Crippen MR) is 81.3 cm³/mol. The summed E-state index contributed by atoms with van der Waals surface area (Å²) < 4.78 is 5.19. The zero-order valence-corrected chi connectivity index (χ0v) is 13.6. The highest BCUT2D eigenvalue weighted by molar-refractivity contribution is 5.69. The summed E-state index contributed by atoms with van der Waals surface area (Å²) >= 11 is 0. The van der Waals surface area contributed by atoms with Crippen LogP contribution < -0.4 is 0 Å². The Hall–Kier alpha value is -0.990. The molecule has 0 radical (unpaired) electrons. The van der Waals surface area contributed by atoms with Gasteiger partial charge in [-0.2, -0.15) is 0 Å². The Balaban J connectivity index is 4.98. The molecule has 1 unspecified atom stereocenters. The second kappa shape index (κ2) is 8.23. The van der Waals surface area contributed by atoms with Crippen LogP contribution in [0, 0.1) is 5.92 Å². The van der Waals surface area contributed by atoms with E-state index in [1.165, 1.54) is 12.8 Å². The van der Waals surface area contributed by atoms with E-state index in [2.05, 4.69) is 34.3 Å². The zero-order valence-electron chi connectivity index (χ0n) is 13.6. The van der Waals surface area contributed by atoms with E-state index in [-0.39, 0.29) is 11.6 Å². The molecule has 0 aromatic rings. The number of nitrogens with zero attached hydrogens (tertiary/aromatic N) is 1. The Kier molecular flexibility index (Phi) is 7.81. The summed E-state index contributed by atoms with van der Waals surface area (Å²) in [5.74, 6) is 0.427. The molecule has 0 bridgehead atoms. The lowest BCUT2D eigenvalue weighted by Gasteiger charge is -2.42. The van der Waals surface area contributed by atoms with Gasteiger partial charge in [-0.1, -0.05) is 38.8 Å². The summed E-state index contributed by atoms with van der Waals surface area (Å²) in [6, 6.07) is 0. The monoisotopic (exact) mass is 269 g/mol. The highest BCUT2D eigenvalue weighted by atomic mass is 16.6. The van der Waals surface area contributed by atoms with Crippen LogP contribution in [0.3, 0.4) is 0 Å². The van der Waals surface area contributed by atoms with Crippen LogP contribution >= 0.6 is 0 Å². The van der Waals surface area contributed by atoms with Crippen molar-refractivity contribution in [1.82, 2.24) is 4.90 Å². The summed E-state index contributed by atoms with van der Waals surface area (Å²) in [6.45, 7) is 17.3. The largest absolute Gasteiger partial charge is 0.450 e. The van der Waals surface area contributed by atoms with Crippen LogP contribution in [0.15, 0.2) is 12.2 Å². The Morgan fingerprint density at radius 2 is 1.95 bits per heavy atom. The van der Waals surface area contributed by atoms with Gasteiger partial charge in [-0.05, 0) is 40.0 Å². The van der Waals surface area contributed by atoms with Gasteiger partial charge in [0.25, 0.3) is 0 Å². The van der Waals surface area contributed by atoms with E-state index < -0.39 is 0 Å². The standard InChI is InChI=1S/C16H31NO2/c1-8-10-11-14(5)16(6,7)17(12-13(3)4)15(18)19-9-2/h14H,3,8-12H2,1-2,4-7H3. The van der Waals surface area contributed by atoms with Gasteiger partial charge in [0.15, 0.2) is 0 Å². The maximum atomic E-state index is 12.2. The number of amides is 1. The molecular weight excluding hydrogens is 238 g/mol. The van der Waals surface area contributed by atoms with E-state index >= 15 is 0 Å². The number of carbonyl (C=O) groups excluding carboxylic acids is 1. The van der Waals surface area contributed by atoms with Gasteiger partial charge in [0.2, 0.25) is 0 Å². The Morgan fingerprint density at radius 3 is 2.37 bits per heavy atom. The van der Waals surface area contributed by atoms with Crippen molar-refractivity contribution in [3.8, 4) is 0 Å². The van der Waals surface area contributed by atoms with Crippen molar-refractivity contribution < 1.29 is 9.53 Å². The SMILES string of the molecule is C=C(C)CN(C(=O)OCC)C(C)(C)C(C)CCCC. The van der Waals surface area contributed by atoms with Crippen molar-refractivity contribution in [3.63, 3.8) is 0 Å². The van der Waals surface area contributed by atoms with Gasteiger partial charge in [0.1, 0.15) is 0 Å². The average molecular weight is 269 g/mol. The van der Waals surface area contributed by atoms with Crippen LogP contribution in [-0.2, 0) is 4.74 Å². The first kappa shape index (κ1) is 18.0. The minimum absolute atomic E-state index is 0.222. The molecule has 0 saturated heterocycles. The maximum Gasteiger partial charge on any atom is 0.410 e. The first-order valence-electron chi connectivity index (χ1n) is 7.36. The number of hydrogen-bond acceptors (Lipinski definition) is 2. The van der Waals surface area contributed by atoms with Crippen molar-refractivity contribution in [2.45, 2.75) is 66.3 Å². The molecule has 0 saturated carbocycles. The minimum Gasteiger partial charge on any atom is -0.450 e. The first-order chi connectivity index (χ1) is 8.77. The van der Waals surface area contributed by atoms with Crippen LogP contribution in [0.5, 0.6) is 0 Å². The van der Waals surface area contributed by atoms with Crippen molar-refractivity contribution in [1.29, 1.82) is 0 Å². The molecule has 0 aromatic heterocycles. The molecule has 0 aliphatic rings. The lowest BCUT2D eigenvalue weighted by atomic mass is 9.83. The number of unbranched alkanes of at least 4 members (excludes halogenated alkanes) is 1. The van der Waals surface area contributed by atoms with Crippen molar-refractivity contribution in [2.75, 3.05) is 13.2 Å². The molecular formula is C16H31NO2. The zero-order chi connectivity index (χ0) is 15.1. The number of carbonyl (C=O) groups is 1. The normalized spacial score (nSPS) is 12.9. The van der Waals surface area contributed by atoms with E-state index in [1.807, 2.05) is 18.7 Å². The van der Waals surface area contributed by atoms with Gasteiger partial charge in [-0.25, -0.2) is 4.79 Å². The van der Waals surface area contributed by atoms with Gasteiger partial charge in [-0.3, -0.25) is 4.90 Å². The van der Waals surface area contributed by atoms with E-state index in [4.69, 9.17) is 4.74 Å². The molecule has 1 amide bonds. The Bertz CT molecular complexity index is 297. The molecule has 1 atom stereocenters. The van der Waals surface area contributed by atoms with Gasteiger partial charge in [0, 0.05) is 12.1 Å². The van der Waals surface area contributed by atoms with Gasteiger partial charge in [0.05, 0.1) is 6.61 Å². The molecule has 0 fully saturated rings. The van der Waals surface area contributed by atoms with Crippen LogP contribution in [0.1, 0.15) is 60.8 Å². The number of rotatable bonds is 8. The summed E-state index contributed by atoms with van der Waals surface area (Å²) in [7, 11) is 0. The molecule has 0 aromatic carbocycles. The quantitative estimate of drug-likeness (QED) is 0.601. The lowest BCUT2D eigenvalue weighted by molar-refractivity contribution is 0.0452. The minimum atomic E-state index is -0.237. The van der Waals surface area contributed by atoms with Crippen LogP contribution in [0.2, 0.25) is 0 Å². The molecule has 3 nitrogen and oxygen atoms in total. The van der Waals surface area contributed by atoms with E-state index in [9.17, 15) is 4.79 Å². The molecule has 0 spiro atoms. The predicted octanol–water partition coefficient (Wildman–Crippen LogP) is 4.63. The number of ether oxygens (including phenoxy) is 1. The summed E-state index contributed by atoms with van der Waals surface area (Å²) in [6.07, 6.45) is 3.25. The third-order valence-corrected chi connectivity index (χ3v) is 3.81. The van der Waals surface area contributed by atoms with Crippen molar-refractivity contribution in [3.05, 3.63) is 12.2 Å². The molecule has 0 aliphatic heterocycles. The maximum absolute atomic E-state index is 12.2. The smallest absolute Gasteiger partial charge is 0.410 e. The van der Waals surface area contributed by atoms with Crippen LogP contribution in [0.25, 0.3) is 0 Å². The van der Waals surface area contributed by atoms with Crippen molar-refractivity contribution >= 4 is 6.09 Å². The summed E-state index contributed by atoms with van der Waals surface area (Å²) in [5, 5.41) is 0. The molecule has 0 heterocycles. The second-order valence-corrected chi connectivity index (χ2v) is 5.94. The third-order valence-electron chi connectivity index (χ3n) is 3.81. The van der Waals surface area contributed by atoms with E-state index in [1.54, 1.807) is 0 Å². The Morgan fingerprint density at radius 1 is 1.37 bits per heavy atom. The van der Waals surface area contributed by atoms with Gasteiger partial charge >= 0.3 is 6.09 Å². The highest BCUT2D eigenvalue weighted by Crippen LogP contribution is 2.29. The molecule has 19 heavy (non-hydrogen) atoms. The van der Waals surface area contributed by atoms with Crippen LogP contribution in [-0.4, -0.2) is 29.7 Å². The fourth-order valence-electron chi connectivity index (χ4n) is 2.10. The lowest BCUT2D eigenvalue weighted by Crippen LogP contribution is -2.52. The fourth-order valence-corrected chi connectivity index (χ4v) is 2.10. The Labute approximate surface area is 119 Å². The molecule has 3 heteroatoms. The molecule has 0 aliphatic carbocycles. The van der Waals surface area contributed by atoms with Gasteiger partial charge in [-0.15, -0.1) is 0 Å². The highest BCUT2D eigenvalue weighted by Gasteiger charge is 2.36. The molecule has 0 rings (SSSR count). The summed E-state index contributed by atoms with van der Waals surface area (Å²) in [5.41, 5.74) is 0.754. The first-order valence-corrected chi connectivity index (χ1v) is 7.36. The number of hydrogen-bond donors (Lipinski definition) is 0. The molecule has 0 N–H and O–H groups in total. The van der Waals surface area contributed by atoms with Crippen molar-refractivity contribution in [2.24, 2.45) is 5.92 Å². The molecule has 112 valence electrons. The third kappa shape index (κ3) is 5.66. The summed E-state index contributed by atoms with van der Waals surface area (Å²) in [4.78, 5) is 14.0. The average Bonchev–Trinajstić information content (AvgIpc) is 2.32.